The standard InChI is InChI=1S/C25H36O6/c1-16-17-6-7-21-24(22(27)28-2)9-5-10-25(21,19(17)14-20-18(16)8-13-29-20)23(31-15-24)30-12-4-3-11-26/h8,13,16-17,19,21,23,26H,3-7,9-12,14-15H2,1-2H3/t16-,17+,19+,21+,23-,24+,25?/m1/s1. The Morgan fingerprint density at radius 1 is 1.29 bits per heavy atom. The molecule has 3 aliphatic carbocycles. The van der Waals surface area contributed by atoms with Crippen LogP contribution in [0.4, 0.5) is 0 Å². The van der Waals surface area contributed by atoms with Gasteiger partial charge < -0.3 is 23.7 Å². The van der Waals surface area contributed by atoms with Crippen LogP contribution in [0.3, 0.4) is 0 Å². The summed E-state index contributed by atoms with van der Waals surface area (Å²) in [5, 5.41) is 9.16. The van der Waals surface area contributed by atoms with Gasteiger partial charge in [-0.1, -0.05) is 13.3 Å². The number of carbonyl (C=O) groups is 1. The Labute approximate surface area is 184 Å². The molecule has 0 spiro atoms. The lowest BCUT2D eigenvalue weighted by Gasteiger charge is -2.66. The highest BCUT2D eigenvalue weighted by Gasteiger charge is 2.70. The Morgan fingerprint density at radius 3 is 2.97 bits per heavy atom. The van der Waals surface area contributed by atoms with Crippen molar-refractivity contribution in [1.82, 2.24) is 0 Å². The molecule has 1 aromatic rings. The van der Waals surface area contributed by atoms with Crippen molar-refractivity contribution in [3.8, 4) is 0 Å². The molecular weight excluding hydrogens is 396 g/mol. The highest BCUT2D eigenvalue weighted by molar-refractivity contribution is 5.78. The third-order valence-electron chi connectivity index (χ3n) is 9.21. The lowest BCUT2D eigenvalue weighted by Crippen LogP contribution is -2.68. The van der Waals surface area contributed by atoms with Crippen LogP contribution in [0, 0.1) is 28.6 Å². The number of hydrogen-bond donors (Lipinski definition) is 1. The van der Waals surface area contributed by atoms with Crippen molar-refractivity contribution in [2.45, 2.75) is 70.5 Å². The predicted octanol–water partition coefficient (Wildman–Crippen LogP) is 4.06. The van der Waals surface area contributed by atoms with E-state index in [-0.39, 0.29) is 30.2 Å². The first kappa shape index (κ1) is 21.5. The third kappa shape index (κ3) is 3.05. The monoisotopic (exact) mass is 432 g/mol. The lowest BCUT2D eigenvalue weighted by atomic mass is 9.41. The van der Waals surface area contributed by atoms with Gasteiger partial charge in [-0.05, 0) is 73.8 Å². The van der Waals surface area contributed by atoms with Crippen LogP contribution in [0.2, 0.25) is 0 Å². The van der Waals surface area contributed by atoms with E-state index in [2.05, 4.69) is 13.0 Å². The highest BCUT2D eigenvalue weighted by atomic mass is 16.7. The number of aliphatic hydroxyl groups is 1. The maximum absolute atomic E-state index is 13.1. The van der Waals surface area contributed by atoms with Crippen LogP contribution in [0.1, 0.15) is 69.1 Å². The van der Waals surface area contributed by atoms with Crippen molar-refractivity contribution in [2.24, 2.45) is 28.6 Å². The topological polar surface area (TPSA) is 78.1 Å². The Hall–Kier alpha value is -1.37. The van der Waals surface area contributed by atoms with Gasteiger partial charge in [-0.2, -0.15) is 0 Å². The van der Waals surface area contributed by atoms with E-state index in [1.165, 1.54) is 12.7 Å². The van der Waals surface area contributed by atoms with Gasteiger partial charge in [-0.3, -0.25) is 4.79 Å². The fraction of sp³-hybridized carbons (Fsp3) is 0.800. The van der Waals surface area contributed by atoms with Gasteiger partial charge in [0.1, 0.15) is 5.76 Å². The van der Waals surface area contributed by atoms with Crippen LogP contribution in [0.25, 0.3) is 0 Å². The van der Waals surface area contributed by atoms with E-state index in [1.807, 2.05) is 6.26 Å². The molecule has 0 radical (unpaired) electrons. The van der Waals surface area contributed by atoms with Crippen molar-refractivity contribution in [1.29, 1.82) is 0 Å². The fourth-order valence-corrected chi connectivity index (χ4v) is 7.94. The van der Waals surface area contributed by atoms with Gasteiger partial charge >= 0.3 is 5.97 Å². The molecule has 0 amide bonds. The molecule has 0 aromatic carbocycles. The Bertz CT molecular complexity index is 804. The van der Waals surface area contributed by atoms with Crippen LogP contribution in [0.5, 0.6) is 0 Å². The second kappa shape index (κ2) is 8.20. The normalized spacial score (nSPS) is 41.1. The molecule has 6 heteroatoms. The van der Waals surface area contributed by atoms with E-state index in [4.69, 9.17) is 23.7 Å². The summed E-state index contributed by atoms with van der Waals surface area (Å²) in [7, 11) is 1.51. The number of fused-ring (bicyclic) bond motifs is 2. The first-order chi connectivity index (χ1) is 15.1. The summed E-state index contributed by atoms with van der Waals surface area (Å²) >= 11 is 0. The second-order valence-corrected chi connectivity index (χ2v) is 10.3. The lowest BCUT2D eigenvalue weighted by molar-refractivity contribution is -0.332. The molecule has 5 rings (SSSR count). The van der Waals surface area contributed by atoms with Crippen molar-refractivity contribution in [3.05, 3.63) is 23.7 Å². The van der Waals surface area contributed by atoms with E-state index in [9.17, 15) is 4.79 Å². The summed E-state index contributed by atoms with van der Waals surface area (Å²) in [4.78, 5) is 13.1. The molecule has 31 heavy (non-hydrogen) atoms. The number of methoxy groups -OCH3 is 1. The summed E-state index contributed by atoms with van der Waals surface area (Å²) < 4.78 is 24.2. The zero-order chi connectivity index (χ0) is 21.6. The average molecular weight is 433 g/mol. The molecule has 1 saturated heterocycles. The fourth-order valence-electron chi connectivity index (χ4n) is 7.94. The van der Waals surface area contributed by atoms with Crippen molar-refractivity contribution < 1.29 is 28.5 Å². The highest BCUT2D eigenvalue weighted by Crippen LogP contribution is 2.69. The zero-order valence-corrected chi connectivity index (χ0v) is 18.8. The zero-order valence-electron chi connectivity index (χ0n) is 18.8. The largest absolute Gasteiger partial charge is 0.469 e. The molecule has 2 heterocycles. The minimum atomic E-state index is -0.560. The molecule has 7 atom stereocenters. The second-order valence-electron chi connectivity index (χ2n) is 10.3. The Morgan fingerprint density at radius 2 is 2.16 bits per heavy atom. The van der Waals surface area contributed by atoms with Crippen molar-refractivity contribution >= 4 is 5.97 Å². The minimum Gasteiger partial charge on any atom is -0.469 e. The molecule has 172 valence electrons. The molecule has 1 aromatic heterocycles. The summed E-state index contributed by atoms with van der Waals surface area (Å²) in [6.45, 7) is 3.47. The van der Waals surface area contributed by atoms with E-state index in [1.54, 1.807) is 0 Å². The van der Waals surface area contributed by atoms with Crippen LogP contribution < -0.4 is 0 Å². The smallest absolute Gasteiger partial charge is 0.314 e. The number of carbonyl (C=O) groups excluding carboxylic acids is 1. The van der Waals surface area contributed by atoms with Crippen LogP contribution in [-0.2, 0) is 25.4 Å². The number of ether oxygens (including phenoxy) is 3. The van der Waals surface area contributed by atoms with E-state index in [0.717, 1.165) is 57.1 Å². The summed E-state index contributed by atoms with van der Waals surface area (Å²) in [5.41, 5.74) is 0.588. The SMILES string of the molecule is COC(=O)[C@@]12CCCC3([C@H](OCCCCO)OC1)[C@H]2CC[C@H]1[C@@H](C)c2ccoc2C[C@@H]13. The van der Waals surface area contributed by atoms with Gasteiger partial charge in [0.05, 0.1) is 25.4 Å². The Balaban J connectivity index is 1.55. The summed E-state index contributed by atoms with van der Waals surface area (Å²) in [6.07, 6.45) is 8.94. The van der Waals surface area contributed by atoms with Crippen molar-refractivity contribution in [2.75, 3.05) is 26.9 Å². The van der Waals surface area contributed by atoms with Gasteiger partial charge in [-0.15, -0.1) is 0 Å². The minimum absolute atomic E-state index is 0.110. The van der Waals surface area contributed by atoms with Gasteiger partial charge in [0, 0.05) is 25.0 Å². The first-order valence-corrected chi connectivity index (χ1v) is 12.1. The van der Waals surface area contributed by atoms with Gasteiger partial charge in [0.15, 0.2) is 6.29 Å². The van der Waals surface area contributed by atoms with Gasteiger partial charge in [0.2, 0.25) is 0 Å². The van der Waals surface area contributed by atoms with Crippen LogP contribution >= 0.6 is 0 Å². The Kier molecular flexibility index (Phi) is 5.68. The molecule has 1 aliphatic heterocycles. The van der Waals surface area contributed by atoms with Crippen molar-refractivity contribution in [3.63, 3.8) is 0 Å². The van der Waals surface area contributed by atoms with Crippen LogP contribution in [0.15, 0.2) is 16.7 Å². The quantitative estimate of drug-likeness (QED) is 0.540. The average Bonchev–Trinajstić information content (AvgIpc) is 3.26. The predicted molar refractivity (Wildman–Crippen MR) is 113 cm³/mol. The number of unbranched alkanes of at least 4 members (excludes halogenated alkanes) is 1. The van der Waals surface area contributed by atoms with Gasteiger partial charge in [0.25, 0.3) is 0 Å². The number of esters is 1. The van der Waals surface area contributed by atoms with E-state index >= 15 is 0 Å². The molecular formula is C25H36O6. The number of rotatable bonds is 6. The molecule has 4 aliphatic rings. The third-order valence-corrected chi connectivity index (χ3v) is 9.21. The maximum Gasteiger partial charge on any atom is 0.314 e. The van der Waals surface area contributed by atoms with E-state index in [0.29, 0.717) is 31.0 Å². The molecule has 2 saturated carbocycles. The number of hydrogen-bond acceptors (Lipinski definition) is 6. The molecule has 1 N–H and O–H groups in total. The molecule has 2 bridgehead atoms. The van der Waals surface area contributed by atoms with E-state index < -0.39 is 5.41 Å². The maximum atomic E-state index is 13.1. The van der Waals surface area contributed by atoms with Gasteiger partial charge in [-0.25, -0.2) is 0 Å². The number of furan rings is 1. The summed E-state index contributed by atoms with van der Waals surface area (Å²) in [5.74, 6) is 2.55. The summed E-state index contributed by atoms with van der Waals surface area (Å²) in [6, 6.07) is 2.14. The molecule has 3 fully saturated rings. The number of aliphatic hydroxyl groups excluding tert-OH is 1. The molecule has 1 unspecified atom stereocenters. The first-order valence-electron chi connectivity index (χ1n) is 12.1. The molecule has 6 nitrogen and oxygen atoms in total. The van der Waals surface area contributed by atoms with Crippen LogP contribution in [-0.4, -0.2) is 44.3 Å².